The smallest absolute Gasteiger partial charge is 0.238 e. The van der Waals surface area contributed by atoms with E-state index in [0.717, 1.165) is 24.6 Å². The number of nitrogens with one attached hydrogen (secondary N) is 1. The van der Waals surface area contributed by atoms with Crippen molar-refractivity contribution in [2.45, 2.75) is 5.25 Å². The molecule has 4 nitrogen and oxygen atoms in total. The molecule has 0 unspecified atom stereocenters. The maximum absolute atomic E-state index is 5.71. The zero-order valence-corrected chi connectivity index (χ0v) is 11.3. The maximum Gasteiger partial charge on any atom is 0.238 e. The molecule has 3 rings (SSSR count). The lowest BCUT2D eigenvalue weighted by Crippen LogP contribution is -2.28. The Hall–Kier alpha value is -1.59. The Bertz CT molecular complexity index is 529. The number of benzene rings is 1. The molecule has 98 valence electrons. The first kappa shape index (κ1) is 12.4. The fraction of sp³-hybridized carbons (Fsp3) is 0.286. The molecule has 1 aliphatic rings. The minimum atomic E-state index is 0.499. The van der Waals surface area contributed by atoms with Crippen molar-refractivity contribution in [2.75, 3.05) is 18.8 Å². The van der Waals surface area contributed by atoms with Gasteiger partial charge in [0.15, 0.2) is 0 Å². The van der Waals surface area contributed by atoms with Gasteiger partial charge >= 0.3 is 0 Å². The number of hydrogen-bond acceptors (Lipinski definition) is 5. The summed E-state index contributed by atoms with van der Waals surface area (Å²) in [6, 6.07) is 11.8. The fourth-order valence-corrected chi connectivity index (χ4v) is 3.14. The van der Waals surface area contributed by atoms with E-state index in [9.17, 15) is 0 Å². The average molecular weight is 273 g/mol. The third-order valence-corrected chi connectivity index (χ3v) is 4.21. The number of ether oxygens (including phenoxy) is 1. The third-order valence-electron chi connectivity index (χ3n) is 2.93. The molecule has 1 N–H and O–H groups in total. The van der Waals surface area contributed by atoms with Crippen molar-refractivity contribution in [2.24, 2.45) is 0 Å². The van der Waals surface area contributed by atoms with Gasteiger partial charge in [-0.05, 0) is 23.8 Å². The molecule has 0 saturated carbocycles. The number of rotatable bonds is 3. The van der Waals surface area contributed by atoms with Crippen molar-refractivity contribution in [1.29, 1.82) is 0 Å². The molecule has 1 saturated heterocycles. The Balaban J connectivity index is 1.76. The van der Waals surface area contributed by atoms with Gasteiger partial charge < -0.3 is 10.1 Å². The first-order valence-corrected chi connectivity index (χ1v) is 7.34. The quantitative estimate of drug-likeness (QED) is 0.931. The predicted octanol–water partition coefficient (Wildman–Crippen LogP) is 2.65. The SMILES string of the molecule is c1cc(Oc2cccnn2)cc([C@H]2CNCCS2)c1. The second-order valence-corrected chi connectivity index (χ2v) is 5.61. The van der Waals surface area contributed by atoms with Crippen molar-refractivity contribution in [1.82, 2.24) is 15.5 Å². The fourth-order valence-electron chi connectivity index (χ4n) is 2.02. The van der Waals surface area contributed by atoms with Gasteiger partial charge in [-0.2, -0.15) is 16.9 Å². The van der Waals surface area contributed by atoms with Gasteiger partial charge in [-0.15, -0.1) is 5.10 Å². The molecule has 1 aromatic heterocycles. The molecule has 1 atom stereocenters. The Morgan fingerprint density at radius 2 is 2.26 bits per heavy atom. The van der Waals surface area contributed by atoms with Crippen molar-refractivity contribution in [3.63, 3.8) is 0 Å². The molecule has 2 aromatic rings. The van der Waals surface area contributed by atoms with Gasteiger partial charge in [0.2, 0.25) is 5.88 Å². The summed E-state index contributed by atoms with van der Waals surface area (Å²) in [5.41, 5.74) is 1.29. The summed E-state index contributed by atoms with van der Waals surface area (Å²) in [5.74, 6) is 2.48. The lowest BCUT2D eigenvalue weighted by molar-refractivity contribution is 0.454. The predicted molar refractivity (Wildman–Crippen MR) is 76.6 cm³/mol. The van der Waals surface area contributed by atoms with E-state index >= 15 is 0 Å². The number of aromatic nitrogens is 2. The second-order valence-electron chi connectivity index (χ2n) is 4.30. The normalized spacial score (nSPS) is 19.1. The van der Waals surface area contributed by atoms with Crippen LogP contribution in [0.2, 0.25) is 0 Å². The van der Waals surface area contributed by atoms with Gasteiger partial charge in [0, 0.05) is 36.4 Å². The summed E-state index contributed by atoms with van der Waals surface area (Å²) < 4.78 is 5.71. The van der Waals surface area contributed by atoms with Gasteiger partial charge in [0.25, 0.3) is 0 Å². The lowest BCUT2D eigenvalue weighted by Gasteiger charge is -2.23. The molecular weight excluding hydrogens is 258 g/mol. The van der Waals surface area contributed by atoms with Gasteiger partial charge in [-0.25, -0.2) is 0 Å². The highest BCUT2D eigenvalue weighted by molar-refractivity contribution is 7.99. The van der Waals surface area contributed by atoms with Gasteiger partial charge in [0.05, 0.1) is 0 Å². The molecule has 0 aliphatic carbocycles. The summed E-state index contributed by atoms with van der Waals surface area (Å²) in [5, 5.41) is 11.6. The van der Waals surface area contributed by atoms with Crippen LogP contribution in [0.15, 0.2) is 42.6 Å². The molecule has 0 spiro atoms. The Morgan fingerprint density at radius 3 is 3.05 bits per heavy atom. The molecule has 5 heteroatoms. The number of nitrogens with zero attached hydrogens (tertiary/aromatic N) is 2. The zero-order valence-electron chi connectivity index (χ0n) is 10.5. The van der Waals surface area contributed by atoms with Crippen molar-refractivity contribution < 1.29 is 4.74 Å². The second kappa shape index (κ2) is 6.04. The van der Waals surface area contributed by atoms with Crippen LogP contribution in [0, 0.1) is 0 Å². The van der Waals surface area contributed by atoms with Crippen LogP contribution in [0.3, 0.4) is 0 Å². The summed E-state index contributed by atoms with van der Waals surface area (Å²) in [6.45, 7) is 2.11. The van der Waals surface area contributed by atoms with Crippen LogP contribution in [0.25, 0.3) is 0 Å². The zero-order chi connectivity index (χ0) is 12.9. The Kier molecular flexibility index (Phi) is 3.95. The van der Waals surface area contributed by atoms with Gasteiger partial charge in [-0.1, -0.05) is 12.1 Å². The highest BCUT2D eigenvalue weighted by Crippen LogP contribution is 2.32. The minimum absolute atomic E-state index is 0.499. The van der Waals surface area contributed by atoms with E-state index in [-0.39, 0.29) is 0 Å². The van der Waals surface area contributed by atoms with Gasteiger partial charge in [-0.3, -0.25) is 0 Å². The molecule has 1 aliphatic heterocycles. The first-order chi connectivity index (χ1) is 9.42. The molecule has 19 heavy (non-hydrogen) atoms. The van der Waals surface area contributed by atoms with Crippen molar-refractivity contribution >= 4 is 11.8 Å². The molecule has 0 radical (unpaired) electrons. The highest BCUT2D eigenvalue weighted by atomic mass is 32.2. The standard InChI is InChI=1S/C14H15N3OS/c1-3-11(13-10-15-7-8-19-13)9-12(4-1)18-14-5-2-6-16-17-14/h1-6,9,13,15H,7-8,10H2/t13-/m1/s1. The van der Waals surface area contributed by atoms with E-state index in [0.29, 0.717) is 11.1 Å². The van der Waals surface area contributed by atoms with Crippen molar-refractivity contribution in [3.05, 3.63) is 48.2 Å². The van der Waals surface area contributed by atoms with Crippen LogP contribution in [0.5, 0.6) is 11.6 Å². The average Bonchev–Trinajstić information content (AvgIpc) is 2.49. The lowest BCUT2D eigenvalue weighted by atomic mass is 10.1. The van der Waals surface area contributed by atoms with E-state index in [1.165, 1.54) is 5.56 Å². The van der Waals surface area contributed by atoms with Crippen LogP contribution in [0.4, 0.5) is 0 Å². The van der Waals surface area contributed by atoms with E-state index in [4.69, 9.17) is 4.74 Å². The van der Waals surface area contributed by atoms with E-state index in [1.807, 2.05) is 30.0 Å². The molecule has 1 fully saturated rings. The summed E-state index contributed by atoms with van der Waals surface area (Å²) in [4.78, 5) is 0. The molecule has 2 heterocycles. The van der Waals surface area contributed by atoms with Gasteiger partial charge in [0.1, 0.15) is 5.75 Å². The molecular formula is C14H15N3OS. The highest BCUT2D eigenvalue weighted by Gasteiger charge is 2.16. The van der Waals surface area contributed by atoms with Crippen LogP contribution in [0.1, 0.15) is 10.8 Å². The third kappa shape index (κ3) is 3.24. The molecule has 0 bridgehead atoms. The molecule has 0 amide bonds. The van der Waals surface area contributed by atoms with E-state index < -0.39 is 0 Å². The number of hydrogen-bond donors (Lipinski definition) is 1. The van der Waals surface area contributed by atoms with Crippen LogP contribution < -0.4 is 10.1 Å². The summed E-state index contributed by atoms with van der Waals surface area (Å²) >= 11 is 1.99. The maximum atomic E-state index is 5.71. The van der Waals surface area contributed by atoms with E-state index in [2.05, 4.69) is 27.6 Å². The number of thioether (sulfide) groups is 1. The van der Waals surface area contributed by atoms with Crippen LogP contribution >= 0.6 is 11.8 Å². The Morgan fingerprint density at radius 1 is 1.26 bits per heavy atom. The van der Waals surface area contributed by atoms with E-state index in [1.54, 1.807) is 12.3 Å². The van der Waals surface area contributed by atoms with Crippen molar-refractivity contribution in [3.8, 4) is 11.6 Å². The van der Waals surface area contributed by atoms with Crippen LogP contribution in [-0.2, 0) is 0 Å². The first-order valence-electron chi connectivity index (χ1n) is 6.30. The summed E-state index contributed by atoms with van der Waals surface area (Å²) in [6.07, 6.45) is 1.63. The topological polar surface area (TPSA) is 47.0 Å². The Labute approximate surface area is 116 Å². The largest absolute Gasteiger partial charge is 0.438 e. The van der Waals surface area contributed by atoms with Crippen LogP contribution in [-0.4, -0.2) is 29.0 Å². The molecule has 1 aromatic carbocycles. The summed E-state index contributed by atoms with van der Waals surface area (Å²) in [7, 11) is 0. The monoisotopic (exact) mass is 273 g/mol. The minimum Gasteiger partial charge on any atom is -0.438 e.